The fourth-order valence-electron chi connectivity index (χ4n) is 2.44. The number of aliphatic hydroxyl groups is 1. The molecule has 0 heterocycles. The van der Waals surface area contributed by atoms with Crippen molar-refractivity contribution in [2.45, 2.75) is 33.3 Å². The van der Waals surface area contributed by atoms with Gasteiger partial charge in [-0.1, -0.05) is 13.8 Å². The molecule has 112 valence electrons. The first kappa shape index (κ1) is 16.6. The molecule has 3 nitrogen and oxygen atoms in total. The summed E-state index contributed by atoms with van der Waals surface area (Å²) in [5.41, 5.74) is -2.10. The predicted molar refractivity (Wildman–Crippen MR) is 70.9 cm³/mol. The lowest BCUT2D eigenvalue weighted by molar-refractivity contribution is -0.161. The van der Waals surface area contributed by atoms with Gasteiger partial charge in [-0.05, 0) is 38.0 Å². The molecule has 0 fully saturated rings. The maximum absolute atomic E-state index is 13.9. The average Bonchev–Trinajstić information content (AvgIpc) is 2.31. The highest BCUT2D eigenvalue weighted by atomic mass is 19.1. The zero-order valence-corrected chi connectivity index (χ0v) is 12.1. The van der Waals surface area contributed by atoms with Crippen molar-refractivity contribution in [1.29, 1.82) is 0 Å². The van der Waals surface area contributed by atoms with Crippen molar-refractivity contribution >= 4 is 5.97 Å². The van der Waals surface area contributed by atoms with E-state index in [0.29, 0.717) is 0 Å². The van der Waals surface area contributed by atoms with Gasteiger partial charge in [-0.2, -0.15) is 0 Å². The Labute approximate surface area is 117 Å². The third-order valence-corrected chi connectivity index (χ3v) is 3.29. The van der Waals surface area contributed by atoms with Crippen LogP contribution in [0.4, 0.5) is 8.78 Å². The first-order valence-electron chi connectivity index (χ1n) is 6.56. The molecule has 0 saturated carbocycles. The van der Waals surface area contributed by atoms with Crippen molar-refractivity contribution in [2.24, 2.45) is 11.8 Å². The summed E-state index contributed by atoms with van der Waals surface area (Å²) >= 11 is 0. The van der Waals surface area contributed by atoms with Gasteiger partial charge in [0.2, 0.25) is 0 Å². The van der Waals surface area contributed by atoms with E-state index >= 15 is 0 Å². The van der Waals surface area contributed by atoms with E-state index in [4.69, 9.17) is 4.74 Å². The lowest BCUT2D eigenvalue weighted by Crippen LogP contribution is -2.42. The molecule has 20 heavy (non-hydrogen) atoms. The lowest BCUT2D eigenvalue weighted by Gasteiger charge is -2.34. The zero-order valence-electron chi connectivity index (χ0n) is 12.1. The van der Waals surface area contributed by atoms with Crippen LogP contribution in [0, 0.1) is 23.5 Å². The van der Waals surface area contributed by atoms with Gasteiger partial charge in [0.25, 0.3) is 0 Å². The third kappa shape index (κ3) is 3.33. The molecule has 0 aliphatic carbocycles. The van der Waals surface area contributed by atoms with Crippen LogP contribution in [0.1, 0.15) is 33.3 Å². The number of ether oxygens (including phenoxy) is 1. The molecule has 0 radical (unpaired) electrons. The van der Waals surface area contributed by atoms with Crippen LogP contribution < -0.4 is 0 Å². The van der Waals surface area contributed by atoms with E-state index in [1.807, 2.05) is 0 Å². The Balaban J connectivity index is 3.28. The van der Waals surface area contributed by atoms with E-state index in [1.54, 1.807) is 20.8 Å². The Morgan fingerprint density at radius 2 is 2.00 bits per heavy atom. The maximum atomic E-state index is 13.9. The Morgan fingerprint density at radius 1 is 1.40 bits per heavy atom. The predicted octanol–water partition coefficient (Wildman–Crippen LogP) is 3.01. The summed E-state index contributed by atoms with van der Waals surface area (Å²) in [5, 5.41) is 10.6. The van der Waals surface area contributed by atoms with Crippen LogP contribution in [0.25, 0.3) is 0 Å². The highest BCUT2D eigenvalue weighted by Gasteiger charge is 2.43. The Hall–Kier alpha value is -1.49. The van der Waals surface area contributed by atoms with Gasteiger partial charge >= 0.3 is 5.97 Å². The van der Waals surface area contributed by atoms with Crippen molar-refractivity contribution in [1.82, 2.24) is 0 Å². The second-order valence-corrected chi connectivity index (χ2v) is 5.25. The van der Waals surface area contributed by atoms with E-state index in [1.165, 1.54) is 6.92 Å². The largest absolute Gasteiger partial charge is 0.466 e. The van der Waals surface area contributed by atoms with E-state index in [9.17, 15) is 18.7 Å². The van der Waals surface area contributed by atoms with Gasteiger partial charge in [0.15, 0.2) is 0 Å². The van der Waals surface area contributed by atoms with E-state index in [-0.39, 0.29) is 18.1 Å². The molecule has 0 spiro atoms. The van der Waals surface area contributed by atoms with E-state index in [2.05, 4.69) is 0 Å². The molecule has 0 amide bonds. The van der Waals surface area contributed by atoms with Crippen molar-refractivity contribution in [2.75, 3.05) is 6.61 Å². The maximum Gasteiger partial charge on any atom is 0.312 e. The minimum Gasteiger partial charge on any atom is -0.466 e. The normalized spacial score (nSPS) is 15.8. The minimum absolute atomic E-state index is 0.157. The SMILES string of the molecule is CCOC(=O)C(C(C)C)C(C)(O)c1cc(F)ccc1F. The van der Waals surface area contributed by atoms with Gasteiger partial charge in [-0.25, -0.2) is 8.78 Å². The van der Waals surface area contributed by atoms with Crippen LogP contribution in [0.15, 0.2) is 18.2 Å². The molecule has 2 unspecified atom stereocenters. The second-order valence-electron chi connectivity index (χ2n) is 5.25. The molecule has 0 aliphatic rings. The highest BCUT2D eigenvalue weighted by molar-refractivity contribution is 5.74. The van der Waals surface area contributed by atoms with Gasteiger partial charge in [0, 0.05) is 5.56 Å². The quantitative estimate of drug-likeness (QED) is 0.846. The molecule has 1 aromatic rings. The summed E-state index contributed by atoms with van der Waals surface area (Å²) in [6, 6.07) is 2.80. The third-order valence-electron chi connectivity index (χ3n) is 3.29. The molecule has 5 heteroatoms. The van der Waals surface area contributed by atoms with E-state index < -0.39 is 29.1 Å². The number of benzene rings is 1. The van der Waals surface area contributed by atoms with Crippen LogP contribution in [-0.2, 0) is 15.1 Å². The van der Waals surface area contributed by atoms with Crippen LogP contribution in [0.3, 0.4) is 0 Å². The number of rotatable bonds is 5. The number of esters is 1. The summed E-state index contributed by atoms with van der Waals surface area (Å²) in [6.07, 6.45) is 0. The van der Waals surface area contributed by atoms with Crippen LogP contribution in [0.2, 0.25) is 0 Å². The Morgan fingerprint density at radius 3 is 2.50 bits per heavy atom. The summed E-state index contributed by atoms with van der Waals surface area (Å²) in [7, 11) is 0. The molecule has 1 rings (SSSR count). The van der Waals surface area contributed by atoms with Crippen molar-refractivity contribution < 1.29 is 23.4 Å². The molecular formula is C15H20F2O3. The molecule has 1 aromatic carbocycles. The number of carbonyl (C=O) groups is 1. The van der Waals surface area contributed by atoms with Gasteiger partial charge in [0.05, 0.1) is 12.5 Å². The zero-order chi connectivity index (χ0) is 15.5. The summed E-state index contributed by atoms with van der Waals surface area (Å²) in [4.78, 5) is 12.0. The Kier molecular flexibility index (Phi) is 5.22. The van der Waals surface area contributed by atoms with Gasteiger partial charge in [-0.3, -0.25) is 4.79 Å². The van der Waals surface area contributed by atoms with Crippen molar-refractivity contribution in [3.05, 3.63) is 35.4 Å². The van der Waals surface area contributed by atoms with Crippen LogP contribution in [-0.4, -0.2) is 17.7 Å². The Bertz CT molecular complexity index is 484. The molecular weight excluding hydrogens is 266 g/mol. The van der Waals surface area contributed by atoms with Crippen molar-refractivity contribution in [3.8, 4) is 0 Å². The topological polar surface area (TPSA) is 46.5 Å². The summed E-state index contributed by atoms with van der Waals surface area (Å²) in [5.74, 6) is -3.35. The molecule has 0 aliphatic heterocycles. The van der Waals surface area contributed by atoms with E-state index in [0.717, 1.165) is 18.2 Å². The average molecular weight is 286 g/mol. The highest BCUT2D eigenvalue weighted by Crippen LogP contribution is 2.36. The van der Waals surface area contributed by atoms with Crippen molar-refractivity contribution in [3.63, 3.8) is 0 Å². The minimum atomic E-state index is -1.85. The van der Waals surface area contributed by atoms with Crippen LogP contribution in [0.5, 0.6) is 0 Å². The molecule has 1 N–H and O–H groups in total. The number of carbonyl (C=O) groups excluding carboxylic acids is 1. The fourth-order valence-corrected chi connectivity index (χ4v) is 2.44. The monoisotopic (exact) mass is 286 g/mol. The fraction of sp³-hybridized carbons (Fsp3) is 0.533. The molecule has 0 bridgehead atoms. The number of halogens is 2. The molecule has 0 saturated heterocycles. The lowest BCUT2D eigenvalue weighted by atomic mass is 9.76. The first-order valence-corrected chi connectivity index (χ1v) is 6.56. The second kappa shape index (κ2) is 6.31. The first-order chi connectivity index (χ1) is 9.21. The standard InChI is InChI=1S/C15H20F2O3/c1-5-20-14(18)13(9(2)3)15(4,19)11-8-10(16)6-7-12(11)17/h6-9,13,19H,5H2,1-4H3. The van der Waals surface area contributed by atoms with Gasteiger partial charge < -0.3 is 9.84 Å². The summed E-state index contributed by atoms with van der Waals surface area (Å²) < 4.78 is 32.1. The summed E-state index contributed by atoms with van der Waals surface area (Å²) in [6.45, 7) is 6.53. The molecule has 0 aromatic heterocycles. The number of hydrogen-bond donors (Lipinski definition) is 1. The molecule has 2 atom stereocenters. The van der Waals surface area contributed by atoms with Gasteiger partial charge in [0.1, 0.15) is 17.2 Å². The number of hydrogen-bond acceptors (Lipinski definition) is 3. The van der Waals surface area contributed by atoms with Gasteiger partial charge in [-0.15, -0.1) is 0 Å². The smallest absolute Gasteiger partial charge is 0.312 e. The van der Waals surface area contributed by atoms with Crippen LogP contribution >= 0.6 is 0 Å².